The molecular formula is C22H26INO3. The highest BCUT2D eigenvalue weighted by molar-refractivity contribution is 14.1. The average molecular weight is 479 g/mol. The Morgan fingerprint density at radius 3 is 2.67 bits per heavy atom. The van der Waals surface area contributed by atoms with E-state index in [2.05, 4.69) is 34.8 Å². The molecule has 0 saturated carbocycles. The van der Waals surface area contributed by atoms with Gasteiger partial charge in [-0.15, -0.1) is 0 Å². The van der Waals surface area contributed by atoms with Crippen LogP contribution in [0.25, 0.3) is 0 Å². The van der Waals surface area contributed by atoms with Gasteiger partial charge in [-0.05, 0) is 66.5 Å². The van der Waals surface area contributed by atoms with Crippen LogP contribution in [-0.2, 0) is 14.3 Å². The fraction of sp³-hybridized carbons (Fsp3) is 0.455. The van der Waals surface area contributed by atoms with E-state index in [0.29, 0.717) is 18.6 Å². The molecule has 1 aliphatic carbocycles. The number of allylic oxidation sites excluding steroid dienone is 3. The number of dihydropyridines is 1. The van der Waals surface area contributed by atoms with Crippen LogP contribution in [0.1, 0.15) is 63.9 Å². The van der Waals surface area contributed by atoms with Gasteiger partial charge in [0.1, 0.15) is 0 Å². The molecule has 1 aliphatic heterocycles. The first-order chi connectivity index (χ1) is 13.0. The minimum Gasteiger partial charge on any atom is -0.462 e. The molecule has 3 rings (SSSR count). The number of hydrogen-bond acceptors (Lipinski definition) is 4. The van der Waals surface area contributed by atoms with Crippen molar-refractivity contribution in [2.24, 2.45) is 0 Å². The number of ketones is 1. The Hall–Kier alpha value is -1.63. The lowest BCUT2D eigenvalue weighted by atomic mass is 9.75. The summed E-state index contributed by atoms with van der Waals surface area (Å²) in [5, 5.41) is 3.33. The van der Waals surface area contributed by atoms with Crippen molar-refractivity contribution in [3.63, 3.8) is 0 Å². The van der Waals surface area contributed by atoms with Crippen molar-refractivity contribution in [3.05, 3.63) is 55.9 Å². The summed E-state index contributed by atoms with van der Waals surface area (Å²) in [5.74, 6) is -0.523. The largest absolute Gasteiger partial charge is 0.462 e. The van der Waals surface area contributed by atoms with E-state index in [0.717, 1.165) is 58.2 Å². The summed E-state index contributed by atoms with van der Waals surface area (Å²) < 4.78 is 6.70. The number of rotatable bonds is 6. The van der Waals surface area contributed by atoms with Crippen LogP contribution in [0.5, 0.6) is 0 Å². The minimum atomic E-state index is -0.343. The van der Waals surface area contributed by atoms with Crippen LogP contribution in [0.3, 0.4) is 0 Å². The van der Waals surface area contributed by atoms with Gasteiger partial charge in [0, 0.05) is 32.9 Å². The van der Waals surface area contributed by atoms with Crippen molar-refractivity contribution in [2.75, 3.05) is 6.61 Å². The van der Waals surface area contributed by atoms with Gasteiger partial charge in [0.15, 0.2) is 5.78 Å². The Labute approximate surface area is 174 Å². The van der Waals surface area contributed by atoms with Crippen molar-refractivity contribution in [3.8, 4) is 0 Å². The first-order valence-electron chi connectivity index (χ1n) is 9.69. The van der Waals surface area contributed by atoms with Gasteiger partial charge < -0.3 is 10.1 Å². The van der Waals surface area contributed by atoms with Crippen molar-refractivity contribution >= 4 is 34.3 Å². The number of unbranched alkanes of at least 4 members (excludes halogenated alkanes) is 2. The second-order valence-corrected chi connectivity index (χ2v) is 8.41. The summed E-state index contributed by atoms with van der Waals surface area (Å²) in [4.78, 5) is 25.7. The highest BCUT2D eigenvalue weighted by atomic mass is 127. The van der Waals surface area contributed by atoms with E-state index in [4.69, 9.17) is 4.74 Å². The summed E-state index contributed by atoms with van der Waals surface area (Å²) in [6, 6.07) is 8.07. The van der Waals surface area contributed by atoms with E-state index >= 15 is 0 Å². The van der Waals surface area contributed by atoms with Crippen molar-refractivity contribution in [1.29, 1.82) is 0 Å². The molecule has 0 bridgehead atoms. The van der Waals surface area contributed by atoms with E-state index in [9.17, 15) is 9.59 Å². The predicted molar refractivity (Wildman–Crippen MR) is 114 cm³/mol. The normalized spacial score (nSPS) is 19.7. The molecule has 0 aromatic heterocycles. The lowest BCUT2D eigenvalue weighted by Crippen LogP contribution is -2.34. The van der Waals surface area contributed by atoms with Crippen molar-refractivity contribution in [2.45, 2.75) is 58.3 Å². The third-order valence-corrected chi connectivity index (χ3v) is 5.90. The third-order valence-electron chi connectivity index (χ3n) is 5.18. The number of carbonyl (C=O) groups excluding carboxylic acids is 2. The molecule has 1 aromatic rings. The molecule has 1 N–H and O–H groups in total. The zero-order valence-corrected chi connectivity index (χ0v) is 18.1. The number of Topliss-reactive ketones (excluding diaryl/α,β-unsaturated/α-hetero) is 1. The fourth-order valence-corrected chi connectivity index (χ4v) is 4.20. The number of halogens is 1. The number of hydrogen-bond donors (Lipinski definition) is 1. The molecular weight excluding hydrogens is 453 g/mol. The van der Waals surface area contributed by atoms with Gasteiger partial charge in [0.2, 0.25) is 0 Å². The summed E-state index contributed by atoms with van der Waals surface area (Å²) in [7, 11) is 0. The summed E-state index contributed by atoms with van der Waals surface area (Å²) >= 11 is 2.26. The predicted octanol–water partition coefficient (Wildman–Crippen LogP) is 4.99. The number of carbonyl (C=O) groups is 2. The van der Waals surface area contributed by atoms with Crippen LogP contribution in [-0.4, -0.2) is 18.4 Å². The summed E-state index contributed by atoms with van der Waals surface area (Å²) in [6.07, 6.45) is 5.23. The molecule has 5 heteroatoms. The highest BCUT2D eigenvalue weighted by Gasteiger charge is 2.38. The Balaban J connectivity index is 1.97. The first kappa shape index (κ1) is 20.1. The first-order valence-corrected chi connectivity index (χ1v) is 10.8. The van der Waals surface area contributed by atoms with Gasteiger partial charge in [0.05, 0.1) is 12.2 Å². The van der Waals surface area contributed by atoms with E-state index < -0.39 is 0 Å². The van der Waals surface area contributed by atoms with E-state index in [1.165, 1.54) is 0 Å². The molecule has 0 amide bonds. The quantitative estimate of drug-likeness (QED) is 0.355. The van der Waals surface area contributed by atoms with Crippen molar-refractivity contribution in [1.82, 2.24) is 5.32 Å². The summed E-state index contributed by atoms with van der Waals surface area (Å²) in [5.41, 5.74) is 4.05. The van der Waals surface area contributed by atoms with E-state index in [-0.39, 0.29) is 17.7 Å². The van der Waals surface area contributed by atoms with Crippen LogP contribution in [0.2, 0.25) is 0 Å². The smallest absolute Gasteiger partial charge is 0.336 e. The number of benzene rings is 1. The maximum atomic E-state index is 12.9. The molecule has 1 unspecified atom stereocenters. The van der Waals surface area contributed by atoms with Crippen LogP contribution in [0.4, 0.5) is 0 Å². The molecule has 0 saturated heterocycles. The molecule has 0 fully saturated rings. The number of esters is 1. The second kappa shape index (κ2) is 9.04. The second-order valence-electron chi connectivity index (χ2n) is 7.16. The van der Waals surface area contributed by atoms with Crippen LogP contribution < -0.4 is 5.32 Å². The lowest BCUT2D eigenvalue weighted by Gasteiger charge is -2.34. The molecule has 0 radical (unpaired) electrons. The molecule has 2 aliphatic rings. The maximum absolute atomic E-state index is 12.9. The monoisotopic (exact) mass is 479 g/mol. The standard InChI is InChI=1S/C22H26INO3/c1-3-4-5-13-27-22(26)19-14(2)24-17-7-6-8-18(25)21(17)20(19)15-9-11-16(23)12-10-15/h9-12,20,24H,3-8,13H2,1-2H3. The summed E-state index contributed by atoms with van der Waals surface area (Å²) in [6.45, 7) is 4.45. The van der Waals surface area contributed by atoms with Crippen LogP contribution >= 0.6 is 22.6 Å². The molecule has 0 spiro atoms. The van der Waals surface area contributed by atoms with Gasteiger partial charge >= 0.3 is 5.97 Å². The molecule has 27 heavy (non-hydrogen) atoms. The number of nitrogens with one attached hydrogen (secondary N) is 1. The van der Waals surface area contributed by atoms with Crippen molar-refractivity contribution < 1.29 is 14.3 Å². The van der Waals surface area contributed by atoms with Crippen LogP contribution in [0, 0.1) is 3.57 Å². The van der Waals surface area contributed by atoms with Gasteiger partial charge in [-0.2, -0.15) is 0 Å². The average Bonchev–Trinajstić information content (AvgIpc) is 2.65. The Morgan fingerprint density at radius 2 is 1.96 bits per heavy atom. The minimum absolute atomic E-state index is 0.135. The SMILES string of the molecule is CCCCCOC(=O)C1=C(C)NC2=C(C(=O)CCC2)C1c1ccc(I)cc1. The molecule has 1 heterocycles. The molecule has 1 atom stereocenters. The Kier molecular flexibility index (Phi) is 6.73. The lowest BCUT2D eigenvalue weighted by molar-refractivity contribution is -0.139. The van der Waals surface area contributed by atoms with E-state index in [1.807, 2.05) is 31.2 Å². The zero-order chi connectivity index (χ0) is 19.4. The molecule has 144 valence electrons. The van der Waals surface area contributed by atoms with Crippen LogP contribution in [0.15, 0.2) is 46.8 Å². The van der Waals surface area contributed by atoms with Gasteiger partial charge in [-0.25, -0.2) is 4.79 Å². The third kappa shape index (κ3) is 4.45. The Morgan fingerprint density at radius 1 is 1.22 bits per heavy atom. The molecule has 4 nitrogen and oxygen atoms in total. The Bertz CT molecular complexity index is 792. The number of ether oxygens (including phenoxy) is 1. The van der Waals surface area contributed by atoms with Gasteiger partial charge in [-0.3, -0.25) is 4.79 Å². The van der Waals surface area contributed by atoms with Gasteiger partial charge in [-0.1, -0.05) is 31.9 Å². The van der Waals surface area contributed by atoms with E-state index in [1.54, 1.807) is 0 Å². The molecule has 1 aromatic carbocycles. The highest BCUT2D eigenvalue weighted by Crippen LogP contribution is 2.42. The zero-order valence-electron chi connectivity index (χ0n) is 15.9. The maximum Gasteiger partial charge on any atom is 0.336 e. The fourth-order valence-electron chi connectivity index (χ4n) is 3.84. The topological polar surface area (TPSA) is 55.4 Å². The van der Waals surface area contributed by atoms with Gasteiger partial charge in [0.25, 0.3) is 0 Å².